The molecule has 3 N–H and O–H groups in total. The molecule has 1 aromatic carbocycles. The number of carbonyl (C=O) groups excluding carboxylic acids is 3. The summed E-state index contributed by atoms with van der Waals surface area (Å²) in [6, 6.07) is 8.36. The third-order valence-corrected chi connectivity index (χ3v) is 6.33. The van der Waals surface area contributed by atoms with E-state index >= 15 is 0 Å². The lowest BCUT2D eigenvalue weighted by Crippen LogP contribution is -2.50. The predicted molar refractivity (Wildman–Crippen MR) is 125 cm³/mol. The van der Waals surface area contributed by atoms with Crippen LogP contribution in [0.25, 0.3) is 0 Å². The van der Waals surface area contributed by atoms with E-state index in [1.54, 1.807) is 11.8 Å². The number of thioether (sulfide) groups is 1. The number of anilines is 1. The van der Waals surface area contributed by atoms with E-state index in [-0.39, 0.29) is 35.8 Å². The Morgan fingerprint density at radius 2 is 1.97 bits per heavy atom. The van der Waals surface area contributed by atoms with Crippen LogP contribution < -0.4 is 11.1 Å². The molecule has 2 aliphatic rings. The average Bonchev–Trinajstić information content (AvgIpc) is 3.67. The van der Waals surface area contributed by atoms with Gasteiger partial charge in [-0.05, 0) is 25.3 Å². The summed E-state index contributed by atoms with van der Waals surface area (Å²) >= 11 is 1.21. The highest BCUT2D eigenvalue weighted by Crippen LogP contribution is 2.39. The molecule has 10 nitrogen and oxygen atoms in total. The van der Waals surface area contributed by atoms with Crippen LogP contribution in [0.4, 0.5) is 10.6 Å². The minimum absolute atomic E-state index is 0.000666. The van der Waals surface area contributed by atoms with Crippen molar-refractivity contribution in [1.29, 1.82) is 0 Å². The van der Waals surface area contributed by atoms with Gasteiger partial charge in [0.05, 0.1) is 25.3 Å². The van der Waals surface area contributed by atoms with Crippen LogP contribution in [0.3, 0.4) is 0 Å². The first-order chi connectivity index (χ1) is 16.4. The van der Waals surface area contributed by atoms with Crippen LogP contribution in [0.5, 0.6) is 0 Å². The molecule has 1 saturated carbocycles. The number of nitrogens with zero attached hydrogens (tertiary/aromatic N) is 3. The number of hydrogen-bond acceptors (Lipinski definition) is 9. The van der Waals surface area contributed by atoms with Crippen LogP contribution in [0.15, 0.2) is 53.0 Å². The van der Waals surface area contributed by atoms with Gasteiger partial charge in [-0.15, -0.1) is 0 Å². The van der Waals surface area contributed by atoms with Crippen LogP contribution in [0.2, 0.25) is 0 Å². The SMILES string of the molecule is CCOC(=O)c1cnc(SCC2=C(C(=O)OC)[C@@H](c3ccccc3)NC(=O)N2C2CC2)nc1N. The number of carbonyl (C=O) groups is 3. The van der Waals surface area contributed by atoms with Crippen molar-refractivity contribution in [3.8, 4) is 0 Å². The second-order valence-electron chi connectivity index (χ2n) is 7.71. The zero-order chi connectivity index (χ0) is 24.2. The summed E-state index contributed by atoms with van der Waals surface area (Å²) in [5.74, 6) is -0.883. The molecule has 1 aliphatic heterocycles. The van der Waals surface area contributed by atoms with E-state index in [0.717, 1.165) is 18.4 Å². The number of amides is 2. The Hall–Kier alpha value is -3.60. The number of nitrogens with one attached hydrogen (secondary N) is 1. The van der Waals surface area contributed by atoms with E-state index in [2.05, 4.69) is 15.3 Å². The molecule has 0 bridgehead atoms. The maximum Gasteiger partial charge on any atom is 0.343 e. The largest absolute Gasteiger partial charge is 0.466 e. The van der Waals surface area contributed by atoms with Gasteiger partial charge in [0.2, 0.25) is 0 Å². The summed E-state index contributed by atoms with van der Waals surface area (Å²) in [5.41, 5.74) is 7.71. The number of hydrogen-bond donors (Lipinski definition) is 2. The van der Waals surface area contributed by atoms with Gasteiger partial charge in [-0.2, -0.15) is 0 Å². The molecule has 0 unspecified atom stereocenters. The van der Waals surface area contributed by atoms with Crippen molar-refractivity contribution in [1.82, 2.24) is 20.2 Å². The van der Waals surface area contributed by atoms with E-state index in [0.29, 0.717) is 16.4 Å². The number of aromatic nitrogens is 2. The van der Waals surface area contributed by atoms with Gasteiger partial charge in [0.15, 0.2) is 5.16 Å². The molecule has 0 saturated heterocycles. The Morgan fingerprint density at radius 1 is 1.24 bits per heavy atom. The first-order valence-corrected chi connectivity index (χ1v) is 11.8. The molecule has 34 heavy (non-hydrogen) atoms. The van der Waals surface area contributed by atoms with Crippen molar-refractivity contribution in [2.45, 2.75) is 37.0 Å². The molecule has 4 rings (SSSR count). The summed E-state index contributed by atoms with van der Waals surface area (Å²) < 4.78 is 10.1. The minimum atomic E-state index is -0.649. The Morgan fingerprint density at radius 3 is 2.59 bits per heavy atom. The van der Waals surface area contributed by atoms with Crippen molar-refractivity contribution >= 4 is 35.5 Å². The molecule has 1 fully saturated rings. The average molecular weight is 484 g/mol. The molecule has 178 valence electrons. The Balaban J connectivity index is 1.68. The molecule has 0 radical (unpaired) electrons. The standard InChI is InChI=1S/C23H25N5O5S/c1-3-33-20(29)15-11-25-22(27-19(15)24)34-12-16-17(21(30)32-2)18(13-7-5-4-6-8-13)26-23(31)28(16)14-9-10-14/h4-8,11,14,18H,3,9-10,12H2,1-2H3,(H,26,31)(H2,24,25,27)/t18-/m1/s1. The second-order valence-corrected chi connectivity index (χ2v) is 8.65. The summed E-state index contributed by atoms with van der Waals surface area (Å²) in [7, 11) is 1.32. The molecule has 2 aromatic rings. The second kappa shape index (κ2) is 10.1. The first-order valence-electron chi connectivity index (χ1n) is 10.8. The normalized spacial score (nSPS) is 17.9. The summed E-state index contributed by atoms with van der Waals surface area (Å²) in [5, 5.41) is 3.26. The molecule has 0 spiro atoms. The molecule has 1 aliphatic carbocycles. The number of esters is 2. The van der Waals surface area contributed by atoms with Crippen LogP contribution in [-0.2, 0) is 14.3 Å². The van der Waals surface area contributed by atoms with Crippen molar-refractivity contribution in [2.24, 2.45) is 0 Å². The predicted octanol–water partition coefficient (Wildman–Crippen LogP) is 2.68. The molecule has 1 aromatic heterocycles. The number of methoxy groups -OCH3 is 1. The van der Waals surface area contributed by atoms with Crippen LogP contribution in [0.1, 0.15) is 41.7 Å². The van der Waals surface area contributed by atoms with E-state index in [4.69, 9.17) is 15.2 Å². The smallest absolute Gasteiger partial charge is 0.343 e. The number of benzene rings is 1. The van der Waals surface area contributed by atoms with Gasteiger partial charge in [-0.1, -0.05) is 42.1 Å². The van der Waals surface area contributed by atoms with Gasteiger partial charge >= 0.3 is 18.0 Å². The third-order valence-electron chi connectivity index (χ3n) is 5.46. The fourth-order valence-electron chi connectivity index (χ4n) is 3.74. The van der Waals surface area contributed by atoms with Gasteiger partial charge in [-0.3, -0.25) is 4.90 Å². The Labute approximate surface area is 200 Å². The van der Waals surface area contributed by atoms with E-state index in [1.165, 1.54) is 25.1 Å². The lowest BCUT2D eigenvalue weighted by molar-refractivity contribution is -0.136. The van der Waals surface area contributed by atoms with Crippen molar-refractivity contribution in [2.75, 3.05) is 25.2 Å². The van der Waals surface area contributed by atoms with Crippen molar-refractivity contribution < 1.29 is 23.9 Å². The van der Waals surface area contributed by atoms with Crippen LogP contribution in [-0.4, -0.2) is 58.3 Å². The topological polar surface area (TPSA) is 137 Å². The fourth-order valence-corrected chi connectivity index (χ4v) is 4.59. The number of ether oxygens (including phenoxy) is 2. The first kappa shape index (κ1) is 23.6. The fraction of sp³-hybridized carbons (Fsp3) is 0.348. The molecular weight excluding hydrogens is 458 g/mol. The molecule has 11 heteroatoms. The van der Waals surface area contributed by atoms with Gasteiger partial charge in [0.25, 0.3) is 0 Å². The van der Waals surface area contributed by atoms with E-state index in [9.17, 15) is 14.4 Å². The van der Waals surface area contributed by atoms with Gasteiger partial charge in [0, 0.05) is 23.7 Å². The number of nitrogen functional groups attached to an aromatic ring is 1. The Kier molecular flexibility index (Phi) is 7.01. The monoisotopic (exact) mass is 483 g/mol. The summed E-state index contributed by atoms with van der Waals surface area (Å²) in [6.45, 7) is 1.90. The molecular formula is C23H25N5O5S. The summed E-state index contributed by atoms with van der Waals surface area (Å²) in [4.78, 5) is 48.0. The quantitative estimate of drug-likeness (QED) is 0.330. The third kappa shape index (κ3) is 4.84. The van der Waals surface area contributed by atoms with Crippen LogP contribution in [0, 0.1) is 0 Å². The van der Waals surface area contributed by atoms with Gasteiger partial charge in [-0.25, -0.2) is 24.4 Å². The molecule has 2 heterocycles. The lowest BCUT2D eigenvalue weighted by Gasteiger charge is -2.36. The maximum absolute atomic E-state index is 13.1. The highest BCUT2D eigenvalue weighted by atomic mass is 32.2. The van der Waals surface area contributed by atoms with Crippen LogP contribution >= 0.6 is 11.8 Å². The lowest BCUT2D eigenvalue weighted by atomic mass is 9.95. The van der Waals surface area contributed by atoms with Crippen molar-refractivity contribution in [3.05, 3.63) is 58.9 Å². The van der Waals surface area contributed by atoms with Crippen molar-refractivity contribution in [3.63, 3.8) is 0 Å². The number of nitrogens with two attached hydrogens (primary N) is 1. The number of rotatable bonds is 8. The number of urea groups is 1. The molecule has 1 atom stereocenters. The Bertz CT molecular complexity index is 1140. The highest BCUT2D eigenvalue weighted by Gasteiger charge is 2.44. The maximum atomic E-state index is 13.1. The summed E-state index contributed by atoms with van der Waals surface area (Å²) in [6.07, 6.45) is 3.02. The van der Waals surface area contributed by atoms with E-state index in [1.807, 2.05) is 30.3 Å². The zero-order valence-corrected chi connectivity index (χ0v) is 19.6. The zero-order valence-electron chi connectivity index (χ0n) is 18.8. The molecule has 2 amide bonds. The van der Waals surface area contributed by atoms with Gasteiger partial charge in [0.1, 0.15) is 11.4 Å². The van der Waals surface area contributed by atoms with E-state index < -0.39 is 18.0 Å². The highest BCUT2D eigenvalue weighted by molar-refractivity contribution is 7.99. The minimum Gasteiger partial charge on any atom is -0.466 e. The van der Waals surface area contributed by atoms with Gasteiger partial charge < -0.3 is 20.5 Å².